The summed E-state index contributed by atoms with van der Waals surface area (Å²) in [5.74, 6) is 0.407. The summed E-state index contributed by atoms with van der Waals surface area (Å²) < 4.78 is 0. The van der Waals surface area contributed by atoms with Gasteiger partial charge in [-0.1, -0.05) is 6.07 Å². The van der Waals surface area contributed by atoms with Crippen molar-refractivity contribution in [2.24, 2.45) is 5.73 Å². The van der Waals surface area contributed by atoms with Crippen LogP contribution in [0.2, 0.25) is 0 Å². The van der Waals surface area contributed by atoms with Gasteiger partial charge in [0.25, 0.3) is 0 Å². The second-order valence-electron chi connectivity index (χ2n) is 3.90. The van der Waals surface area contributed by atoms with Crippen molar-refractivity contribution in [1.29, 1.82) is 0 Å². The van der Waals surface area contributed by atoms with Crippen LogP contribution in [0.25, 0.3) is 0 Å². The molecule has 1 unspecified atom stereocenters. The van der Waals surface area contributed by atoms with E-state index in [1.165, 1.54) is 18.4 Å². The standard InChI is InChI=1S/C11H17N3/c12-6-10(8-14-11-3-4-11)9-2-1-5-13-7-9/h1-2,5,7,10-11,14H,3-4,6,8,12H2. The molecule has 0 amide bonds. The van der Waals surface area contributed by atoms with Crippen LogP contribution in [0, 0.1) is 0 Å². The lowest BCUT2D eigenvalue weighted by Gasteiger charge is -2.15. The molecule has 0 saturated heterocycles. The Labute approximate surface area is 84.7 Å². The average Bonchev–Trinajstić information content (AvgIpc) is 3.04. The Morgan fingerprint density at radius 1 is 1.57 bits per heavy atom. The van der Waals surface area contributed by atoms with Gasteiger partial charge in [-0.15, -0.1) is 0 Å². The van der Waals surface area contributed by atoms with Crippen molar-refractivity contribution < 1.29 is 0 Å². The van der Waals surface area contributed by atoms with Crippen LogP contribution < -0.4 is 11.1 Å². The molecule has 1 heterocycles. The molecule has 1 fully saturated rings. The van der Waals surface area contributed by atoms with Crippen molar-refractivity contribution in [1.82, 2.24) is 10.3 Å². The van der Waals surface area contributed by atoms with Crippen LogP contribution >= 0.6 is 0 Å². The zero-order valence-corrected chi connectivity index (χ0v) is 8.32. The van der Waals surface area contributed by atoms with Gasteiger partial charge < -0.3 is 11.1 Å². The lowest BCUT2D eigenvalue weighted by molar-refractivity contribution is 0.584. The van der Waals surface area contributed by atoms with Crippen molar-refractivity contribution in [3.8, 4) is 0 Å². The normalized spacial score (nSPS) is 18.1. The molecule has 0 bridgehead atoms. The molecular weight excluding hydrogens is 174 g/mol. The molecule has 1 aromatic rings. The topological polar surface area (TPSA) is 50.9 Å². The molecule has 3 nitrogen and oxygen atoms in total. The van der Waals surface area contributed by atoms with E-state index >= 15 is 0 Å². The van der Waals surface area contributed by atoms with Gasteiger partial charge >= 0.3 is 0 Å². The van der Waals surface area contributed by atoms with Crippen LogP contribution in [0.15, 0.2) is 24.5 Å². The van der Waals surface area contributed by atoms with E-state index in [2.05, 4.69) is 16.4 Å². The first-order valence-electron chi connectivity index (χ1n) is 5.23. The number of nitrogens with two attached hydrogens (primary N) is 1. The summed E-state index contributed by atoms with van der Waals surface area (Å²) in [4.78, 5) is 4.11. The van der Waals surface area contributed by atoms with Gasteiger partial charge in [-0.05, 0) is 24.5 Å². The van der Waals surface area contributed by atoms with Gasteiger partial charge in [0, 0.05) is 37.4 Å². The van der Waals surface area contributed by atoms with E-state index in [0.717, 1.165) is 12.6 Å². The van der Waals surface area contributed by atoms with Crippen LogP contribution in [0.3, 0.4) is 0 Å². The lowest BCUT2D eigenvalue weighted by Crippen LogP contribution is -2.28. The van der Waals surface area contributed by atoms with E-state index in [1.807, 2.05) is 12.3 Å². The summed E-state index contributed by atoms with van der Waals surface area (Å²) in [5.41, 5.74) is 6.98. The SMILES string of the molecule is NCC(CNC1CC1)c1cccnc1. The maximum Gasteiger partial charge on any atom is 0.0303 e. The van der Waals surface area contributed by atoms with E-state index < -0.39 is 0 Å². The maximum absolute atomic E-state index is 5.74. The minimum absolute atomic E-state index is 0.407. The molecule has 1 aliphatic carbocycles. The van der Waals surface area contributed by atoms with Crippen LogP contribution in [0.4, 0.5) is 0 Å². The van der Waals surface area contributed by atoms with E-state index in [9.17, 15) is 0 Å². The van der Waals surface area contributed by atoms with E-state index in [4.69, 9.17) is 5.73 Å². The minimum atomic E-state index is 0.407. The van der Waals surface area contributed by atoms with E-state index in [-0.39, 0.29) is 0 Å². The van der Waals surface area contributed by atoms with Crippen LogP contribution in [-0.2, 0) is 0 Å². The third kappa shape index (κ3) is 2.53. The highest BCUT2D eigenvalue weighted by Crippen LogP contribution is 2.20. The summed E-state index contributed by atoms with van der Waals surface area (Å²) in [6, 6.07) is 4.81. The summed E-state index contributed by atoms with van der Waals surface area (Å²) in [5, 5.41) is 3.50. The van der Waals surface area contributed by atoms with Crippen molar-refractivity contribution in [3.05, 3.63) is 30.1 Å². The molecule has 1 saturated carbocycles. The van der Waals surface area contributed by atoms with Gasteiger partial charge in [0.2, 0.25) is 0 Å². The second-order valence-corrected chi connectivity index (χ2v) is 3.90. The molecule has 0 spiro atoms. The molecule has 0 aromatic carbocycles. The van der Waals surface area contributed by atoms with Gasteiger partial charge in [-0.3, -0.25) is 4.98 Å². The smallest absolute Gasteiger partial charge is 0.0303 e. The minimum Gasteiger partial charge on any atom is -0.330 e. The average molecular weight is 191 g/mol. The summed E-state index contributed by atoms with van der Waals surface area (Å²) in [6.45, 7) is 1.66. The first kappa shape index (κ1) is 9.62. The Bertz CT molecular complexity index is 269. The third-order valence-corrected chi connectivity index (χ3v) is 2.67. The largest absolute Gasteiger partial charge is 0.330 e. The fraction of sp³-hybridized carbons (Fsp3) is 0.545. The highest BCUT2D eigenvalue weighted by molar-refractivity contribution is 5.15. The quantitative estimate of drug-likeness (QED) is 0.726. The Hall–Kier alpha value is -0.930. The van der Waals surface area contributed by atoms with Gasteiger partial charge in [0.1, 0.15) is 0 Å². The first-order valence-corrected chi connectivity index (χ1v) is 5.23. The van der Waals surface area contributed by atoms with Gasteiger partial charge in [0.05, 0.1) is 0 Å². The Kier molecular flexibility index (Phi) is 3.11. The number of nitrogens with zero attached hydrogens (tertiary/aromatic N) is 1. The zero-order chi connectivity index (χ0) is 9.80. The molecular formula is C11H17N3. The molecule has 3 heteroatoms. The van der Waals surface area contributed by atoms with Crippen LogP contribution in [-0.4, -0.2) is 24.1 Å². The predicted octanol–water partition coefficient (Wildman–Crippen LogP) is 0.876. The fourth-order valence-corrected chi connectivity index (χ4v) is 1.55. The van der Waals surface area contributed by atoms with Crippen LogP contribution in [0.5, 0.6) is 0 Å². The third-order valence-electron chi connectivity index (χ3n) is 2.67. The molecule has 2 rings (SSSR count). The van der Waals surface area contributed by atoms with Crippen molar-refractivity contribution in [3.63, 3.8) is 0 Å². The summed E-state index contributed by atoms with van der Waals surface area (Å²) in [6.07, 6.45) is 6.35. The van der Waals surface area contributed by atoms with Gasteiger partial charge in [0.15, 0.2) is 0 Å². The Morgan fingerprint density at radius 3 is 3.00 bits per heavy atom. The summed E-state index contributed by atoms with van der Waals surface area (Å²) >= 11 is 0. The number of hydrogen-bond donors (Lipinski definition) is 2. The molecule has 1 atom stereocenters. The molecule has 3 N–H and O–H groups in total. The van der Waals surface area contributed by atoms with Crippen LogP contribution in [0.1, 0.15) is 24.3 Å². The number of aromatic nitrogens is 1. The second kappa shape index (κ2) is 4.53. The predicted molar refractivity (Wildman–Crippen MR) is 57.1 cm³/mol. The first-order chi connectivity index (χ1) is 6.90. The molecule has 14 heavy (non-hydrogen) atoms. The number of hydrogen-bond acceptors (Lipinski definition) is 3. The molecule has 76 valence electrons. The van der Waals surface area contributed by atoms with E-state index in [0.29, 0.717) is 12.5 Å². The number of rotatable bonds is 5. The number of pyridine rings is 1. The van der Waals surface area contributed by atoms with Gasteiger partial charge in [-0.2, -0.15) is 0 Å². The zero-order valence-electron chi connectivity index (χ0n) is 8.32. The van der Waals surface area contributed by atoms with Crippen molar-refractivity contribution in [2.75, 3.05) is 13.1 Å². The lowest BCUT2D eigenvalue weighted by atomic mass is 10.0. The fourth-order valence-electron chi connectivity index (χ4n) is 1.55. The Morgan fingerprint density at radius 2 is 2.43 bits per heavy atom. The Balaban J connectivity index is 1.90. The van der Waals surface area contributed by atoms with Crippen molar-refractivity contribution in [2.45, 2.75) is 24.8 Å². The highest BCUT2D eigenvalue weighted by Gasteiger charge is 2.21. The molecule has 0 radical (unpaired) electrons. The highest BCUT2D eigenvalue weighted by atomic mass is 14.9. The number of nitrogens with one attached hydrogen (secondary N) is 1. The van der Waals surface area contributed by atoms with Crippen molar-refractivity contribution >= 4 is 0 Å². The van der Waals surface area contributed by atoms with Gasteiger partial charge in [-0.25, -0.2) is 0 Å². The molecule has 1 aliphatic rings. The maximum atomic E-state index is 5.74. The monoisotopic (exact) mass is 191 g/mol. The van der Waals surface area contributed by atoms with E-state index in [1.54, 1.807) is 6.20 Å². The molecule has 1 aromatic heterocycles. The molecule has 0 aliphatic heterocycles. The summed E-state index contributed by atoms with van der Waals surface area (Å²) in [7, 11) is 0.